The molecule has 4 heteroatoms. The van der Waals surface area contributed by atoms with E-state index >= 15 is 0 Å². The van der Waals surface area contributed by atoms with Crippen LogP contribution in [0.25, 0.3) is 0 Å². The van der Waals surface area contributed by atoms with Gasteiger partial charge < -0.3 is 5.32 Å². The van der Waals surface area contributed by atoms with Crippen molar-refractivity contribution in [3.8, 4) is 11.8 Å². The van der Waals surface area contributed by atoms with Crippen LogP contribution >= 0.6 is 0 Å². The fourth-order valence-corrected chi connectivity index (χ4v) is 1.52. The third-order valence-corrected chi connectivity index (χ3v) is 2.45. The predicted molar refractivity (Wildman–Crippen MR) is 61.3 cm³/mol. The smallest absolute Gasteiger partial charge is 0.312 e. The summed E-state index contributed by atoms with van der Waals surface area (Å²) in [5, 5.41) is 2.96. The minimum absolute atomic E-state index is 0.176. The zero-order valence-corrected chi connectivity index (χ0v) is 9.73. The lowest BCUT2D eigenvalue weighted by molar-refractivity contribution is -0.137. The first kappa shape index (κ1) is 13.6. The molecule has 0 aliphatic carbocycles. The van der Waals surface area contributed by atoms with Gasteiger partial charge in [-0.2, -0.15) is 13.2 Å². The SMILES string of the molecule is CC#CCC(NC)c1cccc(C(F)(F)F)c1. The Morgan fingerprint density at radius 2 is 2.06 bits per heavy atom. The predicted octanol–water partition coefficient (Wildman–Crippen LogP) is 3.38. The molecule has 0 spiro atoms. The number of benzene rings is 1. The minimum atomic E-state index is -4.30. The summed E-state index contributed by atoms with van der Waals surface area (Å²) < 4.78 is 37.6. The average Bonchev–Trinajstić information content (AvgIpc) is 2.29. The fraction of sp³-hybridized carbons (Fsp3) is 0.385. The van der Waals surface area contributed by atoms with E-state index in [0.717, 1.165) is 6.07 Å². The van der Waals surface area contributed by atoms with Crippen molar-refractivity contribution in [2.75, 3.05) is 7.05 Å². The average molecular weight is 241 g/mol. The second-order valence-electron chi connectivity index (χ2n) is 3.60. The summed E-state index contributed by atoms with van der Waals surface area (Å²) in [6.07, 6.45) is -3.81. The van der Waals surface area contributed by atoms with Gasteiger partial charge in [-0.05, 0) is 31.7 Å². The van der Waals surface area contributed by atoms with Gasteiger partial charge >= 0.3 is 6.18 Å². The van der Waals surface area contributed by atoms with Crippen LogP contribution in [0, 0.1) is 11.8 Å². The lowest BCUT2D eigenvalue weighted by Crippen LogP contribution is -2.16. The molecule has 1 rings (SSSR count). The molecule has 1 aromatic carbocycles. The summed E-state index contributed by atoms with van der Waals surface area (Å²) in [7, 11) is 1.71. The van der Waals surface area contributed by atoms with E-state index in [1.54, 1.807) is 20.0 Å². The third kappa shape index (κ3) is 3.79. The first-order valence-electron chi connectivity index (χ1n) is 5.23. The Morgan fingerprint density at radius 3 is 2.59 bits per heavy atom. The van der Waals surface area contributed by atoms with Crippen molar-refractivity contribution >= 4 is 0 Å². The highest BCUT2D eigenvalue weighted by Crippen LogP contribution is 2.31. The van der Waals surface area contributed by atoms with Gasteiger partial charge in [0.1, 0.15) is 0 Å². The van der Waals surface area contributed by atoms with Crippen LogP contribution in [-0.2, 0) is 6.18 Å². The Balaban J connectivity index is 2.99. The zero-order valence-electron chi connectivity index (χ0n) is 9.73. The summed E-state index contributed by atoms with van der Waals surface area (Å²) in [5.41, 5.74) is -0.0233. The molecule has 1 nitrogen and oxygen atoms in total. The largest absolute Gasteiger partial charge is 0.416 e. The summed E-state index contributed by atoms with van der Waals surface area (Å²) in [4.78, 5) is 0. The van der Waals surface area contributed by atoms with Gasteiger partial charge in [0.25, 0.3) is 0 Å². The molecule has 0 amide bonds. The number of alkyl halides is 3. The van der Waals surface area contributed by atoms with Crippen LogP contribution in [-0.4, -0.2) is 7.05 Å². The van der Waals surface area contributed by atoms with Crippen LogP contribution in [0.2, 0.25) is 0 Å². The molecule has 0 heterocycles. The molecule has 1 N–H and O–H groups in total. The van der Waals surface area contributed by atoms with Crippen LogP contribution in [0.15, 0.2) is 24.3 Å². The Kier molecular flexibility index (Phi) is 4.59. The maximum absolute atomic E-state index is 12.5. The van der Waals surface area contributed by atoms with Gasteiger partial charge in [-0.1, -0.05) is 12.1 Å². The van der Waals surface area contributed by atoms with Crippen molar-refractivity contribution in [1.29, 1.82) is 0 Å². The topological polar surface area (TPSA) is 12.0 Å². The number of hydrogen-bond donors (Lipinski definition) is 1. The molecule has 1 aromatic rings. The highest BCUT2D eigenvalue weighted by atomic mass is 19.4. The van der Waals surface area contributed by atoms with E-state index in [0.29, 0.717) is 12.0 Å². The maximum Gasteiger partial charge on any atom is 0.416 e. The van der Waals surface area contributed by atoms with Crippen molar-refractivity contribution in [3.05, 3.63) is 35.4 Å². The second kappa shape index (κ2) is 5.74. The number of rotatable bonds is 3. The minimum Gasteiger partial charge on any atom is -0.312 e. The van der Waals surface area contributed by atoms with Gasteiger partial charge in [-0.3, -0.25) is 0 Å². The molecule has 1 atom stereocenters. The lowest BCUT2D eigenvalue weighted by Gasteiger charge is -2.15. The molecule has 92 valence electrons. The maximum atomic E-state index is 12.5. The molecule has 0 radical (unpaired) electrons. The van der Waals surface area contributed by atoms with Crippen molar-refractivity contribution in [2.45, 2.75) is 25.6 Å². The molecule has 1 unspecified atom stereocenters. The molecule has 0 aliphatic rings. The van der Waals surface area contributed by atoms with E-state index in [1.807, 2.05) is 0 Å². The Bertz CT molecular complexity index is 426. The zero-order chi connectivity index (χ0) is 12.9. The van der Waals surface area contributed by atoms with E-state index in [2.05, 4.69) is 17.2 Å². The Morgan fingerprint density at radius 1 is 1.35 bits per heavy atom. The first-order valence-corrected chi connectivity index (χ1v) is 5.23. The molecule has 0 aliphatic heterocycles. The van der Waals surface area contributed by atoms with Crippen molar-refractivity contribution in [1.82, 2.24) is 5.32 Å². The quantitative estimate of drug-likeness (QED) is 0.800. The highest BCUT2D eigenvalue weighted by molar-refractivity contribution is 5.28. The van der Waals surface area contributed by atoms with E-state index in [4.69, 9.17) is 0 Å². The van der Waals surface area contributed by atoms with E-state index in [-0.39, 0.29) is 6.04 Å². The standard InChI is InChI=1S/C13H14F3N/c1-3-4-8-12(17-2)10-6-5-7-11(9-10)13(14,15)16/h5-7,9,12,17H,8H2,1-2H3. The monoisotopic (exact) mass is 241 g/mol. The summed E-state index contributed by atoms with van der Waals surface area (Å²) >= 11 is 0. The van der Waals surface area contributed by atoms with Crippen LogP contribution in [0.5, 0.6) is 0 Å². The molecular weight excluding hydrogens is 227 g/mol. The van der Waals surface area contributed by atoms with Crippen molar-refractivity contribution in [2.24, 2.45) is 0 Å². The van der Waals surface area contributed by atoms with E-state index < -0.39 is 11.7 Å². The molecule has 17 heavy (non-hydrogen) atoms. The van der Waals surface area contributed by atoms with Crippen LogP contribution in [0.4, 0.5) is 13.2 Å². The summed E-state index contributed by atoms with van der Waals surface area (Å²) in [6.45, 7) is 1.71. The van der Waals surface area contributed by atoms with Gasteiger partial charge in [0, 0.05) is 12.5 Å². The van der Waals surface area contributed by atoms with Crippen molar-refractivity contribution < 1.29 is 13.2 Å². The van der Waals surface area contributed by atoms with Crippen LogP contribution in [0.3, 0.4) is 0 Å². The van der Waals surface area contributed by atoms with Gasteiger partial charge in [-0.25, -0.2) is 0 Å². The molecule has 0 aromatic heterocycles. The number of hydrogen-bond acceptors (Lipinski definition) is 1. The second-order valence-corrected chi connectivity index (χ2v) is 3.60. The lowest BCUT2D eigenvalue weighted by atomic mass is 10.0. The molecule has 0 saturated carbocycles. The van der Waals surface area contributed by atoms with E-state index in [1.165, 1.54) is 12.1 Å². The molecule has 0 saturated heterocycles. The number of halogens is 3. The van der Waals surface area contributed by atoms with E-state index in [9.17, 15) is 13.2 Å². The summed E-state index contributed by atoms with van der Waals surface area (Å²) in [6, 6.07) is 5.15. The third-order valence-electron chi connectivity index (χ3n) is 2.45. The Labute approximate surface area is 99.0 Å². The molecular formula is C13H14F3N. The van der Waals surface area contributed by atoms with Crippen molar-refractivity contribution in [3.63, 3.8) is 0 Å². The molecule has 0 bridgehead atoms. The highest BCUT2D eigenvalue weighted by Gasteiger charge is 2.30. The van der Waals surface area contributed by atoms with Crippen LogP contribution < -0.4 is 5.32 Å². The first-order chi connectivity index (χ1) is 7.99. The molecule has 0 fully saturated rings. The summed E-state index contributed by atoms with van der Waals surface area (Å²) in [5.74, 6) is 5.60. The number of nitrogens with one attached hydrogen (secondary N) is 1. The van der Waals surface area contributed by atoms with Gasteiger partial charge in [0.05, 0.1) is 5.56 Å². The van der Waals surface area contributed by atoms with Gasteiger partial charge in [0.15, 0.2) is 0 Å². The normalized spacial score (nSPS) is 12.8. The van der Waals surface area contributed by atoms with Crippen LogP contribution in [0.1, 0.15) is 30.5 Å². The van der Waals surface area contributed by atoms with Gasteiger partial charge in [-0.15, -0.1) is 11.8 Å². The fourth-order valence-electron chi connectivity index (χ4n) is 1.52. The van der Waals surface area contributed by atoms with Gasteiger partial charge in [0.2, 0.25) is 0 Å². The Hall–Kier alpha value is -1.47.